The first-order chi connectivity index (χ1) is 13.0. The number of hydrogen-bond donors (Lipinski definition) is 1. The van der Waals surface area contributed by atoms with Crippen molar-refractivity contribution in [2.75, 3.05) is 20.1 Å². The Balaban J connectivity index is 1.57. The highest BCUT2D eigenvalue weighted by atomic mass is 19.1. The average Bonchev–Trinajstić information content (AvgIpc) is 3.26. The molecular weight excluding hydrogens is 341 g/mol. The fourth-order valence-electron chi connectivity index (χ4n) is 3.86. The lowest BCUT2D eigenvalue weighted by molar-refractivity contribution is 0.0989. The average molecular weight is 361 g/mol. The van der Waals surface area contributed by atoms with Crippen LogP contribution < -0.4 is 0 Å². The standard InChI is InChI=1S/C22H20FN3O/c1-26-5-4-17(13-26)16-2-3-20-18(10-16)11-21(25-20)22(27)9-14-6-15(12-24)8-19(23)7-14/h2-3,6-8,10-11,17,25H,4-5,9,13H2,1H3. The van der Waals surface area contributed by atoms with Crippen LogP contribution in [0.3, 0.4) is 0 Å². The van der Waals surface area contributed by atoms with Crippen LogP contribution in [-0.4, -0.2) is 35.8 Å². The Morgan fingerprint density at radius 1 is 1.30 bits per heavy atom. The zero-order valence-corrected chi connectivity index (χ0v) is 15.1. The van der Waals surface area contributed by atoms with Crippen LogP contribution in [0.2, 0.25) is 0 Å². The van der Waals surface area contributed by atoms with Crippen molar-refractivity contribution in [3.8, 4) is 6.07 Å². The van der Waals surface area contributed by atoms with Crippen molar-refractivity contribution in [3.05, 3.63) is 70.7 Å². The van der Waals surface area contributed by atoms with Gasteiger partial charge in [-0.15, -0.1) is 0 Å². The van der Waals surface area contributed by atoms with E-state index in [2.05, 4.69) is 29.1 Å². The molecule has 0 amide bonds. The number of aromatic amines is 1. The minimum atomic E-state index is -0.500. The van der Waals surface area contributed by atoms with Gasteiger partial charge in [0.05, 0.1) is 17.3 Å². The van der Waals surface area contributed by atoms with Crippen molar-refractivity contribution in [1.29, 1.82) is 5.26 Å². The molecule has 0 saturated carbocycles. The molecule has 1 saturated heterocycles. The molecule has 1 aliphatic rings. The second-order valence-corrected chi connectivity index (χ2v) is 7.34. The summed E-state index contributed by atoms with van der Waals surface area (Å²) >= 11 is 0. The number of carbonyl (C=O) groups is 1. The quantitative estimate of drug-likeness (QED) is 0.714. The topological polar surface area (TPSA) is 59.9 Å². The molecule has 1 fully saturated rings. The fraction of sp³-hybridized carbons (Fsp3) is 0.273. The highest BCUT2D eigenvalue weighted by Gasteiger charge is 2.21. The highest BCUT2D eigenvalue weighted by molar-refractivity contribution is 6.00. The molecule has 2 heterocycles. The minimum absolute atomic E-state index is 0.0551. The van der Waals surface area contributed by atoms with Crippen LogP contribution in [0.1, 0.15) is 39.5 Å². The van der Waals surface area contributed by atoms with E-state index in [-0.39, 0.29) is 17.8 Å². The van der Waals surface area contributed by atoms with Gasteiger partial charge in [0.2, 0.25) is 0 Å². The highest BCUT2D eigenvalue weighted by Crippen LogP contribution is 2.29. The zero-order chi connectivity index (χ0) is 19.0. The lowest BCUT2D eigenvalue weighted by Crippen LogP contribution is -2.13. The van der Waals surface area contributed by atoms with Gasteiger partial charge in [0.25, 0.3) is 0 Å². The van der Waals surface area contributed by atoms with E-state index in [0.29, 0.717) is 17.2 Å². The lowest BCUT2D eigenvalue weighted by Gasteiger charge is -2.10. The van der Waals surface area contributed by atoms with Crippen molar-refractivity contribution in [2.24, 2.45) is 0 Å². The van der Waals surface area contributed by atoms with Gasteiger partial charge in [-0.05, 0) is 73.5 Å². The molecular formula is C22H20FN3O. The number of nitrogens with one attached hydrogen (secondary N) is 1. The number of carbonyl (C=O) groups excluding carboxylic acids is 1. The molecule has 1 aliphatic heterocycles. The Kier molecular flexibility index (Phi) is 4.51. The number of likely N-dealkylation sites (tertiary alicyclic amines) is 1. The maximum absolute atomic E-state index is 13.6. The van der Waals surface area contributed by atoms with Crippen LogP contribution in [0.4, 0.5) is 4.39 Å². The molecule has 1 atom stereocenters. The van der Waals surface area contributed by atoms with E-state index in [9.17, 15) is 9.18 Å². The van der Waals surface area contributed by atoms with Crippen molar-refractivity contribution in [1.82, 2.24) is 9.88 Å². The minimum Gasteiger partial charge on any atom is -0.352 e. The van der Waals surface area contributed by atoms with Gasteiger partial charge in [-0.3, -0.25) is 4.79 Å². The molecule has 2 aromatic carbocycles. The molecule has 0 spiro atoms. The molecule has 1 aromatic heterocycles. The van der Waals surface area contributed by atoms with E-state index < -0.39 is 5.82 Å². The van der Waals surface area contributed by atoms with Crippen molar-refractivity contribution >= 4 is 16.7 Å². The summed E-state index contributed by atoms with van der Waals surface area (Å²) in [5.41, 5.74) is 3.46. The van der Waals surface area contributed by atoms with Crippen LogP contribution in [0, 0.1) is 17.1 Å². The first kappa shape index (κ1) is 17.4. The SMILES string of the molecule is CN1CCC(c2ccc3[nH]c(C(=O)Cc4cc(F)cc(C#N)c4)cc3c2)C1. The number of aromatic nitrogens is 1. The third-order valence-corrected chi connectivity index (χ3v) is 5.26. The molecule has 5 heteroatoms. The van der Waals surface area contributed by atoms with E-state index in [1.165, 1.54) is 17.7 Å². The maximum atomic E-state index is 13.6. The Morgan fingerprint density at radius 2 is 2.15 bits per heavy atom. The molecule has 3 aromatic rings. The van der Waals surface area contributed by atoms with Gasteiger partial charge < -0.3 is 9.88 Å². The second-order valence-electron chi connectivity index (χ2n) is 7.34. The third kappa shape index (κ3) is 3.62. The lowest BCUT2D eigenvalue weighted by atomic mass is 9.97. The summed E-state index contributed by atoms with van der Waals surface area (Å²) < 4.78 is 13.6. The van der Waals surface area contributed by atoms with Crippen molar-refractivity contribution < 1.29 is 9.18 Å². The number of rotatable bonds is 4. The number of ketones is 1. The normalized spacial score (nSPS) is 17.3. The number of benzene rings is 2. The molecule has 4 rings (SSSR count). The summed E-state index contributed by atoms with van der Waals surface area (Å²) in [7, 11) is 2.13. The zero-order valence-electron chi connectivity index (χ0n) is 15.1. The second kappa shape index (κ2) is 6.98. The fourth-order valence-corrected chi connectivity index (χ4v) is 3.86. The predicted molar refractivity (Wildman–Crippen MR) is 102 cm³/mol. The van der Waals surface area contributed by atoms with Crippen LogP contribution in [0.25, 0.3) is 10.9 Å². The van der Waals surface area contributed by atoms with Gasteiger partial charge in [0.15, 0.2) is 5.78 Å². The van der Waals surface area contributed by atoms with E-state index in [1.54, 1.807) is 6.07 Å². The van der Waals surface area contributed by atoms with Gasteiger partial charge >= 0.3 is 0 Å². The molecule has 0 bridgehead atoms. The molecule has 1 unspecified atom stereocenters. The Morgan fingerprint density at radius 3 is 2.89 bits per heavy atom. The van der Waals surface area contributed by atoms with E-state index in [1.807, 2.05) is 18.2 Å². The molecule has 0 aliphatic carbocycles. The number of H-pyrrole nitrogens is 1. The van der Waals surface area contributed by atoms with Crippen molar-refractivity contribution in [3.63, 3.8) is 0 Å². The largest absolute Gasteiger partial charge is 0.352 e. The van der Waals surface area contributed by atoms with Gasteiger partial charge in [-0.1, -0.05) is 6.07 Å². The number of nitriles is 1. The predicted octanol–water partition coefficient (Wildman–Crippen LogP) is 4.02. The van der Waals surface area contributed by atoms with Crippen LogP contribution >= 0.6 is 0 Å². The monoisotopic (exact) mass is 361 g/mol. The summed E-state index contributed by atoms with van der Waals surface area (Å²) in [6.45, 7) is 2.17. The van der Waals surface area contributed by atoms with E-state index in [0.717, 1.165) is 30.4 Å². The molecule has 1 N–H and O–H groups in total. The summed E-state index contributed by atoms with van der Waals surface area (Å²) in [6, 6.07) is 14.1. The smallest absolute Gasteiger partial charge is 0.183 e. The summed E-state index contributed by atoms with van der Waals surface area (Å²) in [5.74, 6) is -0.0901. The molecule has 0 radical (unpaired) electrons. The van der Waals surface area contributed by atoms with Crippen LogP contribution in [0.15, 0.2) is 42.5 Å². The number of Topliss-reactive ketones (excluding diaryl/α,β-unsaturated/α-hetero) is 1. The molecule has 136 valence electrons. The molecule has 4 nitrogen and oxygen atoms in total. The molecule has 27 heavy (non-hydrogen) atoms. The summed E-state index contributed by atoms with van der Waals surface area (Å²) in [4.78, 5) is 18.1. The first-order valence-electron chi connectivity index (χ1n) is 9.06. The van der Waals surface area contributed by atoms with Gasteiger partial charge in [-0.2, -0.15) is 5.26 Å². The number of fused-ring (bicyclic) bond motifs is 1. The van der Waals surface area contributed by atoms with Crippen molar-refractivity contribution in [2.45, 2.75) is 18.8 Å². The summed E-state index contributed by atoms with van der Waals surface area (Å²) in [6.07, 6.45) is 1.21. The van der Waals surface area contributed by atoms with Crippen LogP contribution in [0.5, 0.6) is 0 Å². The van der Waals surface area contributed by atoms with E-state index >= 15 is 0 Å². The maximum Gasteiger partial charge on any atom is 0.183 e. The number of nitrogens with zero attached hydrogens (tertiary/aromatic N) is 2. The van der Waals surface area contributed by atoms with Gasteiger partial charge in [0, 0.05) is 23.9 Å². The number of halogens is 1. The Hall–Kier alpha value is -2.97. The number of likely N-dealkylation sites (N-methyl/N-ethyl adjacent to an activating group) is 1. The van der Waals surface area contributed by atoms with Gasteiger partial charge in [-0.25, -0.2) is 4.39 Å². The van der Waals surface area contributed by atoms with Gasteiger partial charge in [0.1, 0.15) is 5.82 Å². The number of hydrogen-bond acceptors (Lipinski definition) is 3. The Labute approximate surface area is 157 Å². The Bertz CT molecular complexity index is 1060. The third-order valence-electron chi connectivity index (χ3n) is 5.26. The van der Waals surface area contributed by atoms with E-state index in [4.69, 9.17) is 5.26 Å². The summed E-state index contributed by atoms with van der Waals surface area (Å²) in [5, 5.41) is 9.97. The first-order valence-corrected chi connectivity index (χ1v) is 9.06. The van der Waals surface area contributed by atoms with Crippen LogP contribution in [-0.2, 0) is 6.42 Å².